The first-order chi connectivity index (χ1) is 7.27. The van der Waals surface area contributed by atoms with Crippen LogP contribution in [-0.4, -0.2) is 18.5 Å². The Morgan fingerprint density at radius 3 is 2.60 bits per heavy atom. The summed E-state index contributed by atoms with van der Waals surface area (Å²) in [5.74, 6) is -1.19. The van der Waals surface area contributed by atoms with Crippen molar-refractivity contribution in [1.82, 2.24) is 0 Å². The molecule has 0 aliphatic carbocycles. The van der Waals surface area contributed by atoms with E-state index in [0.29, 0.717) is 5.56 Å². The van der Waals surface area contributed by atoms with E-state index < -0.39 is 11.9 Å². The van der Waals surface area contributed by atoms with Gasteiger partial charge in [0.05, 0.1) is 5.56 Å². The highest BCUT2D eigenvalue weighted by atomic mass is 16.6. The van der Waals surface area contributed by atoms with Crippen LogP contribution in [-0.2, 0) is 14.3 Å². The van der Waals surface area contributed by atoms with E-state index in [1.165, 1.54) is 6.08 Å². The fraction of sp³-hybridized carbons (Fsp3) is 0.0909. The van der Waals surface area contributed by atoms with Gasteiger partial charge in [0.15, 0.2) is 0 Å². The Kier molecular flexibility index (Phi) is 2.49. The lowest BCUT2D eigenvalue weighted by atomic mass is 10.2. The molecule has 0 aromatic heterocycles. The van der Waals surface area contributed by atoms with Gasteiger partial charge in [-0.05, 0) is 12.1 Å². The summed E-state index contributed by atoms with van der Waals surface area (Å²) < 4.78 is 9.45. The van der Waals surface area contributed by atoms with Gasteiger partial charge in [0.1, 0.15) is 6.61 Å². The van der Waals surface area contributed by atoms with Gasteiger partial charge >= 0.3 is 11.9 Å². The van der Waals surface area contributed by atoms with Crippen LogP contribution in [0.2, 0.25) is 0 Å². The van der Waals surface area contributed by atoms with Gasteiger partial charge in [-0.2, -0.15) is 0 Å². The predicted octanol–water partition coefficient (Wildman–Crippen LogP) is 1.28. The molecule has 4 nitrogen and oxygen atoms in total. The molecule has 15 heavy (non-hydrogen) atoms. The molecular formula is C11H8O4. The molecule has 0 saturated heterocycles. The molecule has 0 bridgehead atoms. The Morgan fingerprint density at radius 1 is 1.27 bits per heavy atom. The third kappa shape index (κ3) is 2.04. The number of benzene rings is 1. The highest BCUT2D eigenvalue weighted by Crippen LogP contribution is 2.11. The summed E-state index contributed by atoms with van der Waals surface area (Å²) in [5.41, 5.74) is 0.401. The summed E-state index contributed by atoms with van der Waals surface area (Å²) in [6, 6.07) is 8.46. The minimum atomic E-state index is -0.598. The largest absolute Gasteiger partial charge is 0.455 e. The lowest BCUT2D eigenvalue weighted by Crippen LogP contribution is -2.09. The number of esters is 2. The van der Waals surface area contributed by atoms with Crippen LogP contribution < -0.4 is 0 Å². The molecule has 0 saturated carbocycles. The van der Waals surface area contributed by atoms with Crippen LogP contribution in [0.1, 0.15) is 10.4 Å². The van der Waals surface area contributed by atoms with Gasteiger partial charge in [-0.15, -0.1) is 0 Å². The molecule has 1 aliphatic heterocycles. The molecular weight excluding hydrogens is 196 g/mol. The summed E-state index contributed by atoms with van der Waals surface area (Å²) >= 11 is 0. The zero-order chi connectivity index (χ0) is 10.7. The fourth-order valence-electron chi connectivity index (χ4n) is 1.16. The van der Waals surface area contributed by atoms with Crippen molar-refractivity contribution >= 4 is 11.9 Å². The minimum absolute atomic E-state index is 0.0381. The molecule has 1 heterocycles. The van der Waals surface area contributed by atoms with E-state index in [0.717, 1.165) is 0 Å². The predicted molar refractivity (Wildman–Crippen MR) is 50.9 cm³/mol. The van der Waals surface area contributed by atoms with Crippen molar-refractivity contribution in [2.24, 2.45) is 0 Å². The maximum absolute atomic E-state index is 11.5. The van der Waals surface area contributed by atoms with Gasteiger partial charge in [-0.3, -0.25) is 0 Å². The van der Waals surface area contributed by atoms with Crippen LogP contribution in [0.25, 0.3) is 0 Å². The van der Waals surface area contributed by atoms with Gasteiger partial charge in [0, 0.05) is 6.08 Å². The quantitative estimate of drug-likeness (QED) is 0.681. The molecule has 0 N–H and O–H groups in total. The third-order valence-corrected chi connectivity index (χ3v) is 1.90. The van der Waals surface area contributed by atoms with E-state index in [4.69, 9.17) is 4.74 Å². The number of hydrogen-bond acceptors (Lipinski definition) is 4. The molecule has 0 fully saturated rings. The van der Waals surface area contributed by atoms with Crippen molar-refractivity contribution in [1.29, 1.82) is 0 Å². The average Bonchev–Trinajstić information content (AvgIpc) is 2.66. The van der Waals surface area contributed by atoms with E-state index >= 15 is 0 Å². The number of hydrogen-bond donors (Lipinski definition) is 0. The molecule has 0 amide bonds. The zero-order valence-electron chi connectivity index (χ0n) is 7.80. The molecule has 4 heteroatoms. The van der Waals surface area contributed by atoms with Crippen LogP contribution >= 0.6 is 0 Å². The molecule has 1 aliphatic rings. The van der Waals surface area contributed by atoms with E-state index in [1.807, 2.05) is 0 Å². The lowest BCUT2D eigenvalue weighted by Gasteiger charge is -2.01. The van der Waals surface area contributed by atoms with Crippen LogP contribution in [0.5, 0.6) is 0 Å². The monoisotopic (exact) mass is 204 g/mol. The van der Waals surface area contributed by atoms with E-state index in [9.17, 15) is 9.59 Å². The van der Waals surface area contributed by atoms with Gasteiger partial charge < -0.3 is 9.47 Å². The lowest BCUT2D eigenvalue weighted by molar-refractivity contribution is -0.138. The summed E-state index contributed by atoms with van der Waals surface area (Å²) in [5, 5.41) is 0. The SMILES string of the molecule is O=C1OCC=C1OC(=O)c1ccccc1. The van der Waals surface area contributed by atoms with Gasteiger partial charge in [0.25, 0.3) is 0 Å². The first-order valence-corrected chi connectivity index (χ1v) is 4.42. The Balaban J connectivity index is 2.08. The first kappa shape index (κ1) is 9.45. The summed E-state index contributed by atoms with van der Waals surface area (Å²) in [4.78, 5) is 22.4. The van der Waals surface area contributed by atoms with E-state index in [2.05, 4.69) is 4.74 Å². The maximum atomic E-state index is 11.5. The highest BCUT2D eigenvalue weighted by Gasteiger charge is 2.21. The fourth-order valence-corrected chi connectivity index (χ4v) is 1.16. The zero-order valence-corrected chi connectivity index (χ0v) is 7.80. The molecule has 76 valence electrons. The van der Waals surface area contributed by atoms with Crippen molar-refractivity contribution in [3.63, 3.8) is 0 Å². The molecule has 2 rings (SSSR count). The number of carbonyl (C=O) groups is 2. The Labute approximate surface area is 86.1 Å². The molecule has 1 aromatic carbocycles. The van der Waals surface area contributed by atoms with Gasteiger partial charge in [-0.25, -0.2) is 9.59 Å². The summed E-state index contributed by atoms with van der Waals surface area (Å²) in [7, 11) is 0. The number of rotatable bonds is 2. The molecule has 1 aromatic rings. The standard InChI is InChI=1S/C11H8O4/c12-10(8-4-2-1-3-5-8)15-9-6-7-14-11(9)13/h1-6H,7H2. The molecule has 0 atom stereocenters. The van der Waals surface area contributed by atoms with Crippen molar-refractivity contribution in [3.05, 3.63) is 47.7 Å². The topological polar surface area (TPSA) is 52.6 Å². The van der Waals surface area contributed by atoms with Crippen LogP contribution in [0.3, 0.4) is 0 Å². The second kappa shape index (κ2) is 3.96. The summed E-state index contributed by atoms with van der Waals surface area (Å²) in [6.45, 7) is 0.163. The normalized spacial score (nSPS) is 14.4. The minimum Gasteiger partial charge on any atom is -0.455 e. The number of cyclic esters (lactones) is 1. The van der Waals surface area contributed by atoms with E-state index in [-0.39, 0.29) is 12.4 Å². The molecule has 0 spiro atoms. The van der Waals surface area contributed by atoms with Crippen molar-refractivity contribution in [3.8, 4) is 0 Å². The number of ether oxygens (including phenoxy) is 2. The first-order valence-electron chi connectivity index (χ1n) is 4.42. The van der Waals surface area contributed by atoms with Gasteiger partial charge in [0.2, 0.25) is 5.76 Å². The van der Waals surface area contributed by atoms with Crippen molar-refractivity contribution in [2.45, 2.75) is 0 Å². The average molecular weight is 204 g/mol. The summed E-state index contributed by atoms with van der Waals surface area (Å²) in [6.07, 6.45) is 1.43. The second-order valence-electron chi connectivity index (χ2n) is 2.92. The second-order valence-corrected chi connectivity index (χ2v) is 2.92. The Hall–Kier alpha value is -2.10. The van der Waals surface area contributed by atoms with E-state index in [1.54, 1.807) is 30.3 Å². The molecule has 0 radical (unpaired) electrons. The molecule has 0 unspecified atom stereocenters. The Morgan fingerprint density at radius 2 is 2.00 bits per heavy atom. The highest BCUT2D eigenvalue weighted by molar-refractivity contribution is 5.96. The third-order valence-electron chi connectivity index (χ3n) is 1.90. The van der Waals surface area contributed by atoms with Crippen molar-refractivity contribution < 1.29 is 19.1 Å². The van der Waals surface area contributed by atoms with Crippen LogP contribution in [0.15, 0.2) is 42.2 Å². The van der Waals surface area contributed by atoms with Gasteiger partial charge in [-0.1, -0.05) is 18.2 Å². The van der Waals surface area contributed by atoms with Crippen LogP contribution in [0, 0.1) is 0 Å². The Bertz CT molecular complexity index is 419. The van der Waals surface area contributed by atoms with Crippen LogP contribution in [0.4, 0.5) is 0 Å². The number of carbonyl (C=O) groups excluding carboxylic acids is 2. The van der Waals surface area contributed by atoms with Crippen molar-refractivity contribution in [2.75, 3.05) is 6.61 Å². The smallest absolute Gasteiger partial charge is 0.374 e. The maximum Gasteiger partial charge on any atom is 0.374 e.